The van der Waals surface area contributed by atoms with Crippen LogP contribution in [-0.2, 0) is 18.9 Å². The Kier molecular flexibility index (Phi) is 3.16. The van der Waals surface area contributed by atoms with E-state index in [0.29, 0.717) is 0 Å². The standard InChI is InChI=1S/C15H26N4/c1-15(2,3)14-17-13(19(4)18-14)9-10-7-11-5-6-12(8-10)16-11/h10-12,16H,5-9H2,1-4H3. The van der Waals surface area contributed by atoms with Gasteiger partial charge in [0.1, 0.15) is 5.82 Å². The second-order valence-electron chi connectivity index (χ2n) is 7.40. The molecule has 0 aromatic carbocycles. The third-order valence-electron chi connectivity index (χ3n) is 4.57. The van der Waals surface area contributed by atoms with Crippen LogP contribution in [0.4, 0.5) is 0 Å². The quantitative estimate of drug-likeness (QED) is 0.888. The number of aryl methyl sites for hydroxylation is 1. The first-order valence-electron chi connectivity index (χ1n) is 7.58. The minimum Gasteiger partial charge on any atom is -0.311 e. The minimum atomic E-state index is 0.0448. The highest BCUT2D eigenvalue weighted by molar-refractivity contribution is 5.05. The Morgan fingerprint density at radius 3 is 2.37 bits per heavy atom. The van der Waals surface area contributed by atoms with Crippen molar-refractivity contribution >= 4 is 0 Å². The molecule has 19 heavy (non-hydrogen) atoms. The van der Waals surface area contributed by atoms with Crippen molar-refractivity contribution in [2.24, 2.45) is 13.0 Å². The van der Waals surface area contributed by atoms with E-state index in [0.717, 1.165) is 36.1 Å². The van der Waals surface area contributed by atoms with E-state index in [1.807, 2.05) is 11.7 Å². The Hall–Kier alpha value is -0.900. The van der Waals surface area contributed by atoms with Crippen molar-refractivity contribution in [3.8, 4) is 0 Å². The Morgan fingerprint density at radius 2 is 1.84 bits per heavy atom. The lowest BCUT2D eigenvalue weighted by atomic mass is 9.89. The highest BCUT2D eigenvalue weighted by Crippen LogP contribution is 2.32. The molecule has 2 aliphatic rings. The molecule has 2 aliphatic heterocycles. The van der Waals surface area contributed by atoms with Gasteiger partial charge in [-0.3, -0.25) is 4.68 Å². The highest BCUT2D eigenvalue weighted by Gasteiger charge is 2.34. The predicted molar refractivity (Wildman–Crippen MR) is 76.1 cm³/mol. The first-order chi connectivity index (χ1) is 8.91. The van der Waals surface area contributed by atoms with Crippen LogP contribution in [0.1, 0.15) is 58.1 Å². The summed E-state index contributed by atoms with van der Waals surface area (Å²) in [5.74, 6) is 2.92. The summed E-state index contributed by atoms with van der Waals surface area (Å²) in [6.07, 6.45) is 6.46. The van der Waals surface area contributed by atoms with Crippen LogP contribution in [0.5, 0.6) is 0 Å². The molecular weight excluding hydrogens is 236 g/mol. The van der Waals surface area contributed by atoms with Crippen molar-refractivity contribution in [3.63, 3.8) is 0 Å². The number of hydrogen-bond donors (Lipinski definition) is 1. The fourth-order valence-electron chi connectivity index (χ4n) is 3.51. The molecule has 0 saturated carbocycles. The van der Waals surface area contributed by atoms with Crippen LogP contribution in [0.3, 0.4) is 0 Å². The van der Waals surface area contributed by atoms with Crippen molar-refractivity contribution < 1.29 is 0 Å². The maximum absolute atomic E-state index is 4.78. The lowest BCUT2D eigenvalue weighted by Gasteiger charge is -2.28. The highest BCUT2D eigenvalue weighted by atomic mass is 15.3. The van der Waals surface area contributed by atoms with Crippen molar-refractivity contribution in [1.29, 1.82) is 0 Å². The lowest BCUT2D eigenvalue weighted by molar-refractivity contribution is 0.293. The summed E-state index contributed by atoms with van der Waals surface area (Å²) in [6.45, 7) is 6.53. The molecule has 3 heterocycles. The molecule has 4 heteroatoms. The zero-order valence-corrected chi connectivity index (χ0v) is 12.6. The smallest absolute Gasteiger partial charge is 0.156 e. The molecule has 106 valence electrons. The van der Waals surface area contributed by atoms with E-state index in [9.17, 15) is 0 Å². The molecule has 3 rings (SSSR count). The Bertz CT molecular complexity index is 445. The van der Waals surface area contributed by atoms with Gasteiger partial charge in [-0.15, -0.1) is 0 Å². The Labute approximate surface area is 116 Å². The topological polar surface area (TPSA) is 42.7 Å². The number of aromatic nitrogens is 3. The van der Waals surface area contributed by atoms with Gasteiger partial charge in [-0.1, -0.05) is 20.8 Å². The van der Waals surface area contributed by atoms with Gasteiger partial charge >= 0.3 is 0 Å². The Balaban J connectivity index is 1.71. The molecule has 0 aliphatic carbocycles. The largest absolute Gasteiger partial charge is 0.311 e. The van der Waals surface area contributed by atoms with Gasteiger partial charge in [-0.2, -0.15) is 5.10 Å². The second kappa shape index (κ2) is 4.58. The summed E-state index contributed by atoms with van der Waals surface area (Å²) in [6, 6.07) is 1.53. The molecule has 2 bridgehead atoms. The van der Waals surface area contributed by atoms with Crippen LogP contribution in [0.2, 0.25) is 0 Å². The molecule has 1 aromatic heterocycles. The van der Waals surface area contributed by atoms with Crippen LogP contribution >= 0.6 is 0 Å². The molecule has 1 aromatic rings. The maximum atomic E-state index is 4.78. The lowest BCUT2D eigenvalue weighted by Crippen LogP contribution is -2.38. The summed E-state index contributed by atoms with van der Waals surface area (Å²) >= 11 is 0. The fraction of sp³-hybridized carbons (Fsp3) is 0.867. The summed E-state index contributed by atoms with van der Waals surface area (Å²) in [5.41, 5.74) is 0.0448. The molecular formula is C15H26N4. The third-order valence-corrected chi connectivity index (χ3v) is 4.57. The molecule has 1 N–H and O–H groups in total. The van der Waals surface area contributed by atoms with E-state index >= 15 is 0 Å². The average molecular weight is 262 g/mol. The number of rotatable bonds is 2. The normalized spacial score (nSPS) is 30.8. The maximum Gasteiger partial charge on any atom is 0.156 e. The van der Waals surface area contributed by atoms with Gasteiger partial charge in [-0.25, -0.2) is 4.98 Å². The molecule has 2 unspecified atom stereocenters. The van der Waals surface area contributed by atoms with Gasteiger partial charge in [0.2, 0.25) is 0 Å². The first kappa shape index (κ1) is 13.1. The average Bonchev–Trinajstić information content (AvgIpc) is 2.83. The molecule has 0 radical (unpaired) electrons. The van der Waals surface area contributed by atoms with Gasteiger partial charge < -0.3 is 5.32 Å². The molecule has 4 nitrogen and oxygen atoms in total. The summed E-state index contributed by atoms with van der Waals surface area (Å²) in [4.78, 5) is 4.78. The predicted octanol–water partition coefficient (Wildman–Crippen LogP) is 2.19. The van der Waals surface area contributed by atoms with E-state index in [1.54, 1.807) is 0 Å². The van der Waals surface area contributed by atoms with Crippen molar-refractivity contribution in [2.75, 3.05) is 0 Å². The Morgan fingerprint density at radius 1 is 1.21 bits per heavy atom. The number of piperidine rings is 1. The molecule has 0 spiro atoms. The molecule has 2 saturated heterocycles. The van der Waals surface area contributed by atoms with Crippen molar-refractivity contribution in [1.82, 2.24) is 20.1 Å². The van der Waals surface area contributed by atoms with Crippen molar-refractivity contribution in [2.45, 2.75) is 70.4 Å². The first-order valence-corrected chi connectivity index (χ1v) is 7.58. The van der Waals surface area contributed by atoms with Gasteiger partial charge in [-0.05, 0) is 31.6 Å². The van der Waals surface area contributed by atoms with Crippen LogP contribution in [-0.4, -0.2) is 26.8 Å². The van der Waals surface area contributed by atoms with Crippen LogP contribution in [0.15, 0.2) is 0 Å². The third kappa shape index (κ3) is 2.69. The monoisotopic (exact) mass is 262 g/mol. The zero-order chi connectivity index (χ0) is 13.6. The van der Waals surface area contributed by atoms with Crippen LogP contribution in [0.25, 0.3) is 0 Å². The van der Waals surface area contributed by atoms with E-state index in [-0.39, 0.29) is 5.41 Å². The number of nitrogens with one attached hydrogen (secondary N) is 1. The SMILES string of the molecule is Cn1nc(C(C)(C)C)nc1CC1CC2CCC(C1)N2. The van der Waals surface area contributed by atoms with Crippen LogP contribution < -0.4 is 5.32 Å². The van der Waals surface area contributed by atoms with Gasteiger partial charge in [0, 0.05) is 31.0 Å². The fourth-order valence-corrected chi connectivity index (χ4v) is 3.51. The number of nitrogens with zero attached hydrogens (tertiary/aromatic N) is 3. The van der Waals surface area contributed by atoms with Gasteiger partial charge in [0.25, 0.3) is 0 Å². The molecule has 2 fully saturated rings. The van der Waals surface area contributed by atoms with E-state index < -0.39 is 0 Å². The summed E-state index contributed by atoms with van der Waals surface area (Å²) < 4.78 is 1.99. The van der Waals surface area contributed by atoms with Crippen molar-refractivity contribution in [3.05, 3.63) is 11.6 Å². The molecule has 2 atom stereocenters. The second-order valence-corrected chi connectivity index (χ2v) is 7.40. The molecule has 0 amide bonds. The number of fused-ring (bicyclic) bond motifs is 2. The van der Waals surface area contributed by atoms with E-state index in [4.69, 9.17) is 4.98 Å². The van der Waals surface area contributed by atoms with Crippen LogP contribution in [0, 0.1) is 5.92 Å². The minimum absolute atomic E-state index is 0.0448. The van der Waals surface area contributed by atoms with Gasteiger partial charge in [0.15, 0.2) is 5.82 Å². The summed E-state index contributed by atoms with van der Waals surface area (Å²) in [7, 11) is 2.03. The van der Waals surface area contributed by atoms with Gasteiger partial charge in [0.05, 0.1) is 0 Å². The number of hydrogen-bond acceptors (Lipinski definition) is 3. The van der Waals surface area contributed by atoms with E-state index in [2.05, 4.69) is 31.2 Å². The summed E-state index contributed by atoms with van der Waals surface area (Å²) in [5, 5.41) is 8.30. The zero-order valence-electron chi connectivity index (χ0n) is 12.6. The van der Waals surface area contributed by atoms with E-state index in [1.165, 1.54) is 25.7 Å².